The number of benzene rings is 7. The van der Waals surface area contributed by atoms with E-state index in [2.05, 4.69) is 190 Å². The molecule has 12 heterocycles. The number of carbonyl (C=O) groups is 4. The maximum Gasteiger partial charge on any atom is 0.155 e. The number of hydrogen-bond donors (Lipinski definition) is 5. The van der Waals surface area contributed by atoms with Crippen LogP contribution in [0.15, 0.2) is 398 Å². The molecule has 3 unspecified atom stereocenters. The van der Waals surface area contributed by atoms with Crippen molar-refractivity contribution in [1.82, 2.24) is 24.9 Å². The number of nitrogens with zero attached hydrogens (tertiary/aromatic N) is 9. The number of rotatable bonds is 15. The van der Waals surface area contributed by atoms with Gasteiger partial charge in [0, 0.05) is 167 Å². The number of allylic oxidation sites excluding steroid dienone is 18. The van der Waals surface area contributed by atoms with Gasteiger partial charge in [0.15, 0.2) is 23.1 Å². The Hall–Kier alpha value is -12.1. The van der Waals surface area contributed by atoms with E-state index in [1.807, 2.05) is 176 Å². The zero-order valence-electron chi connectivity index (χ0n) is 83.9. The molecule has 7 aromatic heterocycles. The Bertz CT molecular complexity index is 6860. The van der Waals surface area contributed by atoms with Crippen molar-refractivity contribution in [2.24, 2.45) is 26.8 Å². The van der Waals surface area contributed by atoms with Gasteiger partial charge in [-0.15, -0.1) is 119 Å². The summed E-state index contributed by atoms with van der Waals surface area (Å²) in [6.07, 6.45) is 27.9. The first-order valence-corrected chi connectivity index (χ1v) is 48.5. The maximum absolute atomic E-state index is 10.0. The summed E-state index contributed by atoms with van der Waals surface area (Å²) in [5.74, 6) is 0.851. The maximum atomic E-state index is 10.0. The van der Waals surface area contributed by atoms with Gasteiger partial charge in [-0.05, 0) is 234 Å². The number of ketones is 4. The Morgan fingerprint density at radius 2 is 0.807 bits per heavy atom. The van der Waals surface area contributed by atoms with Crippen molar-refractivity contribution in [3.63, 3.8) is 0 Å². The van der Waals surface area contributed by atoms with E-state index in [-0.39, 0.29) is 159 Å². The first-order valence-electron chi connectivity index (χ1n) is 46.9. The summed E-state index contributed by atoms with van der Waals surface area (Å²) < 4.78 is 2.52. The largest absolute Gasteiger partial charge is 0.681 e. The fraction of sp³-hybridized carbons (Fsp3) is 0.217. The molecule has 25 heteroatoms. The number of fused-ring (bicyclic) bond motifs is 10. The molecule has 5 aliphatic heterocycles. The molecule has 1 saturated heterocycles. The molecule has 4 radical (unpaired) electrons. The standard InChI is InChI=1S/C35H45N4.2C15H10N.2C13H8NS.C9H7NO.4C5H8O2.4Ir.Pt/c1-9-21-20(8)28-16-30-22(10-2)23(11-3)32(37-30)18-34-26(14-6)27(15-7)35(39-34)19-33-25(13-5)24(12-4)31(38-33)17-29(21)36-28;1-2-7-13(8-3-1)15-14-9-5-4-6-12(14)10-11-16-15;1-2-6-12(7-3-1)15-11-10-13-8-4-5-9-14(13)16-15;2*1-2-7-12-10(5-1)9-13(15-12)11-6-3-4-8-14-11;11-8-5-1-3-7-4-2-6-10-9(7)8;4*1-4(6)3-5(2)7;;;;;/h16-21,29H,9-15H2,1-8H3;1-7,9-11H;1-6,8-11H;2*1-8H;1-6,11H;4*3,6H,1-2H3;;;;;/q5*-1;;;;;;;;;;. The Labute approximate surface area is 928 Å². The van der Waals surface area contributed by atoms with Gasteiger partial charge in [0.1, 0.15) is 11.3 Å². The molecule has 762 valence electrons. The average Bonchev–Trinajstić information content (AvgIpc) is 1.61. The average molecular weight is 2860 g/mol. The Morgan fingerprint density at radius 1 is 0.393 bits per heavy atom. The number of para-hydroxylation sites is 2. The normalized spacial score (nSPS) is 14.6. The molecule has 14 aromatic rings. The van der Waals surface area contributed by atoms with Crippen molar-refractivity contribution < 1.29 is 146 Å². The zero-order chi connectivity index (χ0) is 101. The molecule has 5 aliphatic rings. The quantitative estimate of drug-likeness (QED) is 0.0362. The van der Waals surface area contributed by atoms with Gasteiger partial charge in [0.2, 0.25) is 0 Å². The number of aliphatic hydroxyl groups is 4. The van der Waals surface area contributed by atoms with Crippen molar-refractivity contribution in [3.8, 4) is 49.4 Å². The van der Waals surface area contributed by atoms with E-state index < -0.39 is 0 Å². The number of phenolic OH excluding ortho intramolecular Hbond substituents is 1. The smallest absolute Gasteiger partial charge is 0.155 e. The summed E-state index contributed by atoms with van der Waals surface area (Å²) in [4.78, 5) is 79.8. The summed E-state index contributed by atoms with van der Waals surface area (Å²) in [6.45, 7) is 29.5. The van der Waals surface area contributed by atoms with E-state index in [0.29, 0.717) is 17.4 Å². The molecule has 0 amide bonds. The minimum Gasteiger partial charge on any atom is -0.681 e. The molecular weight excluding hydrogens is 2740 g/mol. The van der Waals surface area contributed by atoms with Crippen LogP contribution >= 0.6 is 22.7 Å². The molecule has 3 atom stereocenters. The molecule has 18 nitrogen and oxygen atoms in total. The SMILES string of the molecule is CC(=O)C=C(C)O.CC(=O)C=C(C)O.CC(=O)C=C(C)O.CC(=O)C=C(C)O.CCC1=C(CC)C2=NC1=CC1=NC(=CC3[N-]C(=CC4=NC(=C2)C(CC)=C4CC)C(C)C3CC)C(CC)=C1CC.Oc1cccc2cccnc12.[Ir].[Ir].[Ir].[Ir].[Pt].[c-]1c(-c2ccccn2)sc2ccccc12.[c-]1c(-c2ccccn2)sc2ccccc12.[c-]1ccccc1-c1ccc2ccccc2n1.[c-]1ccccc1-c1nccc2ccccc12. The van der Waals surface area contributed by atoms with Crippen LogP contribution < -0.4 is 0 Å². The summed E-state index contributed by atoms with van der Waals surface area (Å²) in [7, 11) is 0. The second-order valence-electron chi connectivity index (χ2n) is 32.9. The third-order valence-electron chi connectivity index (χ3n) is 22.2. The van der Waals surface area contributed by atoms with Gasteiger partial charge in [-0.1, -0.05) is 201 Å². The van der Waals surface area contributed by atoms with Crippen molar-refractivity contribution in [2.75, 3.05) is 0 Å². The fourth-order valence-corrected chi connectivity index (χ4v) is 18.1. The Morgan fingerprint density at radius 3 is 1.24 bits per heavy atom. The van der Waals surface area contributed by atoms with Gasteiger partial charge in [-0.25, -0.2) is 37.7 Å². The summed E-state index contributed by atoms with van der Waals surface area (Å²) >= 11 is 3.46. The van der Waals surface area contributed by atoms with E-state index in [9.17, 15) is 24.3 Å². The first-order chi connectivity index (χ1) is 67.5. The van der Waals surface area contributed by atoms with Crippen molar-refractivity contribution in [2.45, 2.75) is 162 Å². The van der Waals surface area contributed by atoms with E-state index in [1.165, 1.54) is 155 Å². The van der Waals surface area contributed by atoms with Gasteiger partial charge in [0.25, 0.3) is 0 Å². The number of aromatic nitrogens is 5. The molecule has 1 fully saturated rings. The van der Waals surface area contributed by atoms with Crippen molar-refractivity contribution in [3.05, 3.63) is 413 Å². The molecule has 8 bridgehead atoms. The molecule has 0 saturated carbocycles. The number of carbonyl (C=O) groups excluding carboxylic acids is 4. The summed E-state index contributed by atoms with van der Waals surface area (Å²) in [5, 5.41) is 55.0. The van der Waals surface area contributed by atoms with Crippen LogP contribution in [-0.4, -0.2) is 96.8 Å². The molecule has 0 spiro atoms. The van der Waals surface area contributed by atoms with E-state index in [0.717, 1.165) is 134 Å². The number of pyridine rings is 5. The van der Waals surface area contributed by atoms with E-state index in [4.69, 9.17) is 40.7 Å². The molecule has 5 N–H and O–H groups in total. The van der Waals surface area contributed by atoms with Gasteiger partial charge >= 0.3 is 0 Å². The molecule has 7 aromatic carbocycles. The third kappa shape index (κ3) is 36.8. The first kappa shape index (κ1) is 123. The van der Waals surface area contributed by atoms with Crippen LogP contribution in [0.4, 0.5) is 0 Å². The third-order valence-corrected chi connectivity index (χ3v) is 24.4. The Kier molecular flexibility index (Phi) is 53.9. The number of aliphatic hydroxyl groups excluding tert-OH is 4. The molecule has 0 aliphatic carbocycles. The van der Waals surface area contributed by atoms with Crippen LogP contribution in [0.25, 0.3) is 102 Å². The Balaban J connectivity index is 0.000000300. The minimum absolute atomic E-state index is 0. The van der Waals surface area contributed by atoms with Gasteiger partial charge in [0.05, 0.1) is 62.8 Å². The van der Waals surface area contributed by atoms with Crippen LogP contribution in [-0.2, 0) is 121 Å². The van der Waals surface area contributed by atoms with E-state index in [1.54, 1.807) is 41.0 Å². The van der Waals surface area contributed by atoms with Crippen molar-refractivity contribution in [1.29, 1.82) is 0 Å². The minimum atomic E-state index is -0.125. The number of aliphatic imine (C=N–C) groups is 3. The van der Waals surface area contributed by atoms with Crippen LogP contribution in [0.1, 0.15) is 156 Å². The molecule has 19 rings (SSSR count). The van der Waals surface area contributed by atoms with Gasteiger partial charge < -0.3 is 45.8 Å². The van der Waals surface area contributed by atoms with E-state index >= 15 is 0 Å². The number of phenols is 1. The number of hydrogen-bond acceptors (Lipinski definition) is 19. The van der Waals surface area contributed by atoms with Crippen LogP contribution in [0.5, 0.6) is 5.75 Å². The second kappa shape index (κ2) is 63.3. The predicted octanol–water partition coefficient (Wildman–Crippen LogP) is 30.7. The monoisotopic (exact) mass is 2860 g/mol. The van der Waals surface area contributed by atoms with Crippen molar-refractivity contribution >= 4 is 116 Å². The second-order valence-corrected chi connectivity index (χ2v) is 35.0. The molecule has 145 heavy (non-hydrogen) atoms. The summed E-state index contributed by atoms with van der Waals surface area (Å²) in [6, 6.07) is 89.3. The number of aromatic hydroxyl groups is 1. The molecular formula is C120H120Ir4N9O9PtS2-5. The van der Waals surface area contributed by atoms with Gasteiger partial charge in [-0.2, -0.15) is 5.70 Å². The predicted molar refractivity (Wildman–Crippen MR) is 579 cm³/mol. The van der Waals surface area contributed by atoms with Crippen LogP contribution in [0, 0.1) is 36.1 Å². The van der Waals surface area contributed by atoms with Crippen LogP contribution in [0.3, 0.4) is 0 Å². The number of thiophene rings is 2. The van der Waals surface area contributed by atoms with Crippen LogP contribution in [0.2, 0.25) is 0 Å². The van der Waals surface area contributed by atoms with Gasteiger partial charge in [-0.3, -0.25) is 29.1 Å². The zero-order valence-corrected chi connectivity index (χ0v) is 97.4. The topological polar surface area (TPSA) is 285 Å². The fourth-order valence-electron chi connectivity index (χ4n) is 16.2. The summed E-state index contributed by atoms with van der Waals surface area (Å²) in [5.41, 5.74) is 23.6.